The average molecular weight is 431 g/mol. The lowest BCUT2D eigenvalue weighted by molar-refractivity contribution is 0.638. The fourth-order valence-corrected chi connectivity index (χ4v) is 4.28. The van der Waals surface area contributed by atoms with Gasteiger partial charge in [0.05, 0.1) is 28.8 Å². The van der Waals surface area contributed by atoms with Crippen molar-refractivity contribution in [3.63, 3.8) is 0 Å². The topological polar surface area (TPSA) is 96.0 Å². The Morgan fingerprint density at radius 2 is 1.84 bits per heavy atom. The van der Waals surface area contributed by atoms with E-state index in [4.69, 9.17) is 0 Å². The Morgan fingerprint density at radius 3 is 2.65 bits per heavy atom. The molecule has 6 aromatic heterocycles. The number of rotatable bonds is 3. The van der Waals surface area contributed by atoms with Crippen LogP contribution in [-0.4, -0.2) is 35.1 Å². The second-order valence-electron chi connectivity index (χ2n) is 6.80. The van der Waals surface area contributed by atoms with Crippen molar-refractivity contribution in [3.05, 3.63) is 66.2 Å². The Hall–Kier alpha value is -4.05. The molecule has 6 aromatic rings. The Balaban J connectivity index is 1.56. The van der Waals surface area contributed by atoms with Gasteiger partial charge < -0.3 is 4.98 Å². The highest BCUT2D eigenvalue weighted by molar-refractivity contribution is 7.14. The number of thiophene rings is 1. The molecule has 0 saturated heterocycles. The quantitative estimate of drug-likeness (QED) is 0.413. The molecule has 0 aliphatic carbocycles. The maximum Gasteiger partial charge on any atom is 0.176 e. The van der Waals surface area contributed by atoms with Crippen LogP contribution in [0.5, 0.6) is 0 Å². The monoisotopic (exact) mass is 431 g/mol. The van der Waals surface area contributed by atoms with E-state index in [1.165, 1.54) is 12.3 Å². The van der Waals surface area contributed by atoms with Crippen LogP contribution >= 0.6 is 11.3 Å². The average Bonchev–Trinajstić information content (AvgIpc) is 3.52. The number of hydrogen-bond acceptors (Lipinski definition) is 6. The number of imidazole rings is 1. The van der Waals surface area contributed by atoms with Gasteiger partial charge in [0.2, 0.25) is 0 Å². The van der Waals surface area contributed by atoms with Crippen molar-refractivity contribution in [1.29, 1.82) is 0 Å². The van der Waals surface area contributed by atoms with Gasteiger partial charge in [-0.05, 0) is 24.3 Å². The summed E-state index contributed by atoms with van der Waals surface area (Å²) in [5.74, 6) is -0.150. The maximum absolute atomic E-state index is 15.5. The van der Waals surface area contributed by atoms with E-state index in [9.17, 15) is 4.39 Å². The van der Waals surface area contributed by atoms with Crippen molar-refractivity contribution in [2.24, 2.45) is 0 Å². The van der Waals surface area contributed by atoms with E-state index in [2.05, 4.69) is 35.1 Å². The van der Waals surface area contributed by atoms with E-state index in [0.717, 1.165) is 11.3 Å². The minimum Gasteiger partial charge on any atom is -0.335 e. The van der Waals surface area contributed by atoms with E-state index < -0.39 is 5.82 Å². The molecule has 0 saturated carbocycles. The number of aromatic nitrogens is 7. The summed E-state index contributed by atoms with van der Waals surface area (Å²) in [6.45, 7) is 0. The second-order valence-corrected chi connectivity index (χ2v) is 7.83. The summed E-state index contributed by atoms with van der Waals surface area (Å²) < 4.78 is 29.0. The summed E-state index contributed by atoms with van der Waals surface area (Å²) >= 11 is 1.01. The van der Waals surface area contributed by atoms with E-state index in [-0.39, 0.29) is 16.2 Å². The molecule has 0 bridgehead atoms. The predicted octanol–water partition coefficient (Wildman–Crippen LogP) is 4.96. The van der Waals surface area contributed by atoms with Crippen LogP contribution in [0.4, 0.5) is 8.78 Å². The highest BCUT2D eigenvalue weighted by atomic mass is 32.1. The molecule has 0 amide bonds. The molecule has 0 radical (unpaired) electrons. The third-order valence-electron chi connectivity index (χ3n) is 4.94. The molecule has 0 atom stereocenters. The molecular formula is C21H11F2N7S. The standard InChI is InChI=1S/C21H11F2N7S/c22-15-4-3-14(31-15)11-7-25-8-13-19(11)28-21(27-13)20-16-12(29-30-20)9-26-18(17(16)23)10-2-1-5-24-6-10/h1-9H,(H,27,28)(H,29,30). The van der Waals surface area contributed by atoms with Crippen LogP contribution in [0.25, 0.3) is 55.2 Å². The maximum atomic E-state index is 15.5. The fraction of sp³-hybridized carbons (Fsp3) is 0. The van der Waals surface area contributed by atoms with Gasteiger partial charge in [-0.15, -0.1) is 11.3 Å². The van der Waals surface area contributed by atoms with Crippen LogP contribution in [0, 0.1) is 10.9 Å². The summed E-state index contributed by atoms with van der Waals surface area (Å²) in [5, 5.41) is 7.05. The Bertz CT molecular complexity index is 1570. The number of nitrogens with zero attached hydrogens (tertiary/aromatic N) is 5. The van der Waals surface area contributed by atoms with Gasteiger partial charge in [-0.3, -0.25) is 20.1 Å². The molecule has 0 spiro atoms. The number of hydrogen-bond donors (Lipinski definition) is 2. The highest BCUT2D eigenvalue weighted by Gasteiger charge is 2.21. The first-order chi connectivity index (χ1) is 15.2. The lowest BCUT2D eigenvalue weighted by Gasteiger charge is -2.03. The van der Waals surface area contributed by atoms with Crippen LogP contribution < -0.4 is 0 Å². The van der Waals surface area contributed by atoms with E-state index in [1.807, 2.05) is 0 Å². The third-order valence-corrected chi connectivity index (χ3v) is 5.84. The molecule has 10 heteroatoms. The first kappa shape index (κ1) is 17.8. The first-order valence-corrected chi connectivity index (χ1v) is 10.0. The summed E-state index contributed by atoms with van der Waals surface area (Å²) in [4.78, 5) is 21.0. The van der Waals surface area contributed by atoms with Gasteiger partial charge in [0.1, 0.15) is 16.9 Å². The number of halogens is 2. The lowest BCUT2D eigenvalue weighted by atomic mass is 10.1. The zero-order valence-electron chi connectivity index (χ0n) is 15.6. The molecule has 7 nitrogen and oxygen atoms in total. The smallest absolute Gasteiger partial charge is 0.176 e. The van der Waals surface area contributed by atoms with Crippen LogP contribution in [0.15, 0.2) is 55.2 Å². The molecule has 6 heterocycles. The van der Waals surface area contributed by atoms with Gasteiger partial charge in [0, 0.05) is 34.6 Å². The first-order valence-electron chi connectivity index (χ1n) is 9.22. The van der Waals surface area contributed by atoms with Gasteiger partial charge in [-0.2, -0.15) is 9.49 Å². The number of nitrogens with one attached hydrogen (secondary N) is 2. The van der Waals surface area contributed by atoms with E-state index in [1.54, 1.807) is 43.0 Å². The molecule has 0 aliphatic heterocycles. The normalized spacial score (nSPS) is 11.5. The van der Waals surface area contributed by atoms with Gasteiger partial charge in [0.15, 0.2) is 16.8 Å². The minimum atomic E-state index is -0.520. The summed E-state index contributed by atoms with van der Waals surface area (Å²) in [5.41, 5.74) is 3.43. The molecule has 0 aliphatic rings. The van der Waals surface area contributed by atoms with Crippen LogP contribution in [-0.2, 0) is 0 Å². The largest absolute Gasteiger partial charge is 0.335 e. The van der Waals surface area contributed by atoms with Crippen LogP contribution in [0.2, 0.25) is 0 Å². The van der Waals surface area contributed by atoms with Gasteiger partial charge in [-0.1, -0.05) is 0 Å². The third kappa shape index (κ3) is 2.80. The predicted molar refractivity (Wildman–Crippen MR) is 113 cm³/mol. The van der Waals surface area contributed by atoms with Gasteiger partial charge in [-0.25, -0.2) is 9.37 Å². The number of H-pyrrole nitrogens is 2. The van der Waals surface area contributed by atoms with E-state index in [0.29, 0.717) is 44.1 Å². The van der Waals surface area contributed by atoms with Crippen molar-refractivity contribution in [3.8, 4) is 33.2 Å². The second kappa shape index (κ2) is 6.74. The highest BCUT2D eigenvalue weighted by Crippen LogP contribution is 2.35. The molecule has 6 rings (SSSR count). The van der Waals surface area contributed by atoms with Crippen LogP contribution in [0.3, 0.4) is 0 Å². The molecule has 0 aromatic carbocycles. The zero-order chi connectivity index (χ0) is 20.9. The number of fused-ring (bicyclic) bond motifs is 2. The molecule has 0 unspecified atom stereocenters. The summed E-state index contributed by atoms with van der Waals surface area (Å²) in [6.07, 6.45) is 7.94. The summed E-state index contributed by atoms with van der Waals surface area (Å²) in [6, 6.07) is 6.54. The Kier molecular flexibility index (Phi) is 3.87. The fourth-order valence-electron chi connectivity index (χ4n) is 3.54. The molecule has 150 valence electrons. The SMILES string of the molecule is Fc1ccc(-c2cncc3[nH]c(-c4n[nH]c5cnc(-c6cccnc6)c(F)c45)nc23)s1. The minimum absolute atomic E-state index is 0.177. The van der Waals surface area contributed by atoms with E-state index >= 15 is 4.39 Å². The molecular weight excluding hydrogens is 420 g/mol. The van der Waals surface area contributed by atoms with Gasteiger partial charge in [0.25, 0.3) is 0 Å². The van der Waals surface area contributed by atoms with Gasteiger partial charge >= 0.3 is 0 Å². The molecule has 31 heavy (non-hydrogen) atoms. The zero-order valence-corrected chi connectivity index (χ0v) is 16.4. The van der Waals surface area contributed by atoms with Crippen molar-refractivity contribution >= 4 is 33.3 Å². The van der Waals surface area contributed by atoms with Crippen LogP contribution in [0.1, 0.15) is 0 Å². The lowest BCUT2D eigenvalue weighted by Crippen LogP contribution is -1.92. The van der Waals surface area contributed by atoms with Crippen molar-refractivity contribution < 1.29 is 8.78 Å². The van der Waals surface area contributed by atoms with Crippen molar-refractivity contribution in [2.45, 2.75) is 0 Å². The summed E-state index contributed by atoms with van der Waals surface area (Å²) in [7, 11) is 0. The Labute approximate surface area is 176 Å². The molecule has 2 N–H and O–H groups in total. The Morgan fingerprint density at radius 1 is 0.903 bits per heavy atom. The number of aromatic amines is 2. The van der Waals surface area contributed by atoms with Crippen molar-refractivity contribution in [2.75, 3.05) is 0 Å². The molecule has 0 fully saturated rings. The number of pyridine rings is 3. The van der Waals surface area contributed by atoms with Crippen molar-refractivity contribution in [1.82, 2.24) is 35.1 Å².